The number of hydrogen-bond acceptors (Lipinski definition) is 3. The highest BCUT2D eigenvalue weighted by molar-refractivity contribution is 14.1. The molecule has 1 N–H and O–H groups in total. The van der Waals surface area contributed by atoms with Crippen molar-refractivity contribution in [3.63, 3.8) is 0 Å². The first-order chi connectivity index (χ1) is 9.61. The van der Waals surface area contributed by atoms with Gasteiger partial charge < -0.3 is 9.84 Å². The Morgan fingerprint density at radius 3 is 2.90 bits per heavy atom. The van der Waals surface area contributed by atoms with Gasteiger partial charge in [-0.15, -0.1) is 0 Å². The number of benzene rings is 1. The van der Waals surface area contributed by atoms with Crippen LogP contribution in [-0.2, 0) is 0 Å². The van der Waals surface area contributed by atoms with Crippen LogP contribution in [0, 0.1) is 3.57 Å². The third-order valence-electron chi connectivity index (χ3n) is 2.78. The fourth-order valence-corrected chi connectivity index (χ4v) is 2.60. The van der Waals surface area contributed by atoms with E-state index in [2.05, 4.69) is 27.6 Å². The summed E-state index contributed by atoms with van der Waals surface area (Å²) in [6.07, 6.45) is 3.45. The number of aliphatic hydroxyl groups is 1. The van der Waals surface area contributed by atoms with E-state index in [1.807, 2.05) is 19.1 Å². The first-order valence-electron chi connectivity index (χ1n) is 6.32. The molecule has 2 rings (SSSR count). The Kier molecular flexibility index (Phi) is 5.63. The lowest BCUT2D eigenvalue weighted by Gasteiger charge is -2.14. The Balaban J connectivity index is 2.28. The SMILES string of the molecule is CCCOc1cncc(C(O)c2cc(Cl)ccc2I)c1. The summed E-state index contributed by atoms with van der Waals surface area (Å²) >= 11 is 8.17. The summed E-state index contributed by atoms with van der Waals surface area (Å²) in [6.45, 7) is 2.68. The summed E-state index contributed by atoms with van der Waals surface area (Å²) in [5, 5.41) is 11.1. The summed E-state index contributed by atoms with van der Waals surface area (Å²) < 4.78 is 6.49. The molecule has 1 atom stereocenters. The summed E-state index contributed by atoms with van der Waals surface area (Å²) in [4.78, 5) is 4.12. The largest absolute Gasteiger partial charge is 0.492 e. The zero-order valence-electron chi connectivity index (χ0n) is 11.0. The lowest BCUT2D eigenvalue weighted by Crippen LogP contribution is -2.04. The molecule has 2 aromatic rings. The molecule has 1 unspecified atom stereocenters. The van der Waals surface area contributed by atoms with E-state index in [-0.39, 0.29) is 0 Å². The standard InChI is InChI=1S/C15H15ClINO2/c1-2-5-20-12-6-10(8-18-9-12)15(19)13-7-11(16)3-4-14(13)17/h3-4,6-9,15,19H,2,5H2,1H3. The molecule has 0 saturated carbocycles. The maximum Gasteiger partial charge on any atom is 0.137 e. The van der Waals surface area contributed by atoms with Crippen LogP contribution < -0.4 is 4.74 Å². The molecule has 0 aliphatic rings. The molecular formula is C15H15ClINO2. The van der Waals surface area contributed by atoms with Crippen LogP contribution in [0.25, 0.3) is 0 Å². The third kappa shape index (κ3) is 3.84. The minimum absolute atomic E-state index is 0.603. The Morgan fingerprint density at radius 1 is 1.35 bits per heavy atom. The lowest BCUT2D eigenvalue weighted by atomic mass is 10.0. The van der Waals surface area contributed by atoms with Crippen LogP contribution in [0.3, 0.4) is 0 Å². The molecule has 0 saturated heterocycles. The number of hydrogen-bond donors (Lipinski definition) is 1. The number of aromatic nitrogens is 1. The molecule has 0 aliphatic carbocycles. The van der Waals surface area contributed by atoms with Crippen molar-refractivity contribution in [1.29, 1.82) is 0 Å². The molecule has 1 aromatic heterocycles. The van der Waals surface area contributed by atoms with Gasteiger partial charge in [-0.05, 0) is 58.8 Å². The first kappa shape index (κ1) is 15.5. The van der Waals surface area contributed by atoms with Gasteiger partial charge in [0.05, 0.1) is 12.8 Å². The van der Waals surface area contributed by atoms with E-state index in [1.165, 1.54) is 0 Å². The number of nitrogens with zero attached hydrogens (tertiary/aromatic N) is 1. The van der Waals surface area contributed by atoms with E-state index in [1.54, 1.807) is 24.5 Å². The van der Waals surface area contributed by atoms with Crippen molar-refractivity contribution in [2.45, 2.75) is 19.4 Å². The highest BCUT2D eigenvalue weighted by Crippen LogP contribution is 2.29. The highest BCUT2D eigenvalue weighted by Gasteiger charge is 2.15. The van der Waals surface area contributed by atoms with E-state index in [0.29, 0.717) is 22.9 Å². The molecule has 0 amide bonds. The highest BCUT2D eigenvalue weighted by atomic mass is 127. The summed E-state index contributed by atoms with van der Waals surface area (Å²) in [7, 11) is 0. The fraction of sp³-hybridized carbons (Fsp3) is 0.267. The Hall–Kier alpha value is -0.850. The van der Waals surface area contributed by atoms with Crippen molar-refractivity contribution in [2.24, 2.45) is 0 Å². The van der Waals surface area contributed by atoms with Gasteiger partial charge in [-0.1, -0.05) is 18.5 Å². The number of ether oxygens (including phenoxy) is 1. The molecule has 0 bridgehead atoms. The second kappa shape index (κ2) is 7.24. The van der Waals surface area contributed by atoms with Crippen molar-refractivity contribution in [3.8, 4) is 5.75 Å². The second-order valence-electron chi connectivity index (χ2n) is 4.37. The van der Waals surface area contributed by atoms with Gasteiger partial charge in [-0.25, -0.2) is 0 Å². The predicted molar refractivity (Wildman–Crippen MR) is 88.3 cm³/mol. The zero-order valence-corrected chi connectivity index (χ0v) is 13.9. The smallest absolute Gasteiger partial charge is 0.137 e. The number of aliphatic hydroxyl groups excluding tert-OH is 1. The Morgan fingerprint density at radius 2 is 2.15 bits per heavy atom. The molecule has 20 heavy (non-hydrogen) atoms. The molecule has 0 aliphatic heterocycles. The van der Waals surface area contributed by atoms with Crippen LogP contribution >= 0.6 is 34.2 Å². The van der Waals surface area contributed by atoms with Crippen LogP contribution in [0.4, 0.5) is 0 Å². The molecule has 1 heterocycles. The first-order valence-corrected chi connectivity index (χ1v) is 7.78. The van der Waals surface area contributed by atoms with Gasteiger partial charge in [0.2, 0.25) is 0 Å². The van der Waals surface area contributed by atoms with Gasteiger partial charge >= 0.3 is 0 Å². The molecule has 1 aromatic carbocycles. The van der Waals surface area contributed by atoms with E-state index < -0.39 is 6.10 Å². The lowest BCUT2D eigenvalue weighted by molar-refractivity contribution is 0.218. The van der Waals surface area contributed by atoms with E-state index in [0.717, 1.165) is 15.6 Å². The van der Waals surface area contributed by atoms with Gasteiger partial charge in [-0.2, -0.15) is 0 Å². The van der Waals surface area contributed by atoms with Crippen molar-refractivity contribution in [3.05, 3.63) is 56.4 Å². The molecular weight excluding hydrogens is 389 g/mol. The fourth-order valence-electron chi connectivity index (χ4n) is 1.79. The Bertz CT molecular complexity index is 592. The van der Waals surface area contributed by atoms with Crippen molar-refractivity contribution in [2.75, 3.05) is 6.61 Å². The average Bonchev–Trinajstić information content (AvgIpc) is 2.47. The van der Waals surface area contributed by atoms with Gasteiger partial charge in [0.15, 0.2) is 0 Å². The minimum atomic E-state index is -0.765. The Labute approximate surface area is 137 Å². The molecule has 106 valence electrons. The maximum atomic E-state index is 10.5. The normalized spacial score (nSPS) is 12.2. The number of halogens is 2. The van der Waals surface area contributed by atoms with Crippen LogP contribution in [-0.4, -0.2) is 16.7 Å². The number of rotatable bonds is 5. The van der Waals surface area contributed by atoms with Gasteiger partial charge in [0.1, 0.15) is 11.9 Å². The third-order valence-corrected chi connectivity index (χ3v) is 3.99. The minimum Gasteiger partial charge on any atom is -0.492 e. The maximum absolute atomic E-state index is 10.5. The average molecular weight is 404 g/mol. The van der Waals surface area contributed by atoms with Crippen LogP contribution in [0.2, 0.25) is 5.02 Å². The van der Waals surface area contributed by atoms with Crippen molar-refractivity contribution >= 4 is 34.2 Å². The summed E-state index contributed by atoms with van der Waals surface area (Å²) in [5.74, 6) is 0.667. The topological polar surface area (TPSA) is 42.4 Å². The molecule has 0 radical (unpaired) electrons. The van der Waals surface area contributed by atoms with E-state index in [4.69, 9.17) is 16.3 Å². The van der Waals surface area contributed by atoms with Gasteiger partial charge in [-0.3, -0.25) is 4.98 Å². The molecule has 3 nitrogen and oxygen atoms in total. The number of pyridine rings is 1. The molecule has 0 fully saturated rings. The van der Waals surface area contributed by atoms with Crippen LogP contribution in [0.5, 0.6) is 5.75 Å². The van der Waals surface area contributed by atoms with Gasteiger partial charge in [0.25, 0.3) is 0 Å². The van der Waals surface area contributed by atoms with Crippen LogP contribution in [0.15, 0.2) is 36.7 Å². The monoisotopic (exact) mass is 403 g/mol. The van der Waals surface area contributed by atoms with E-state index >= 15 is 0 Å². The molecule has 0 spiro atoms. The second-order valence-corrected chi connectivity index (χ2v) is 5.97. The predicted octanol–water partition coefficient (Wildman–Crippen LogP) is 4.21. The van der Waals surface area contributed by atoms with Crippen LogP contribution in [0.1, 0.15) is 30.6 Å². The molecule has 5 heteroatoms. The quantitative estimate of drug-likeness (QED) is 0.761. The zero-order chi connectivity index (χ0) is 14.5. The van der Waals surface area contributed by atoms with E-state index in [9.17, 15) is 5.11 Å². The van der Waals surface area contributed by atoms with Gasteiger partial charge in [0, 0.05) is 20.4 Å². The van der Waals surface area contributed by atoms with Crippen molar-refractivity contribution in [1.82, 2.24) is 4.98 Å². The summed E-state index contributed by atoms with van der Waals surface area (Å²) in [6, 6.07) is 7.27. The van der Waals surface area contributed by atoms with Crippen molar-refractivity contribution < 1.29 is 9.84 Å². The summed E-state index contributed by atoms with van der Waals surface area (Å²) in [5.41, 5.74) is 1.46.